The van der Waals surface area contributed by atoms with E-state index in [2.05, 4.69) is 35.4 Å². The second kappa shape index (κ2) is 4.26. The third-order valence-corrected chi connectivity index (χ3v) is 3.10. The summed E-state index contributed by atoms with van der Waals surface area (Å²) >= 11 is 6.26. The SMILES string of the molecule is Cc1nn(C)c2c1nc(C(C)Cl)n2CC(C)(C)C. The number of hydrogen-bond donors (Lipinski definition) is 0. The van der Waals surface area contributed by atoms with Gasteiger partial charge in [-0.25, -0.2) is 4.98 Å². The Bertz CT molecular complexity index is 572. The van der Waals surface area contributed by atoms with Crippen molar-refractivity contribution >= 4 is 22.8 Å². The second-order valence-corrected chi connectivity index (χ2v) is 6.77. The van der Waals surface area contributed by atoms with Gasteiger partial charge in [0.05, 0.1) is 11.1 Å². The van der Waals surface area contributed by atoms with E-state index in [9.17, 15) is 0 Å². The molecule has 5 heteroatoms. The van der Waals surface area contributed by atoms with Crippen LogP contribution in [0.3, 0.4) is 0 Å². The zero-order valence-corrected chi connectivity index (χ0v) is 12.7. The summed E-state index contributed by atoms with van der Waals surface area (Å²) in [6.45, 7) is 11.5. The first-order valence-corrected chi connectivity index (χ1v) is 6.68. The van der Waals surface area contributed by atoms with E-state index >= 15 is 0 Å². The molecule has 1 unspecified atom stereocenters. The monoisotopic (exact) mass is 268 g/mol. The molecule has 0 radical (unpaired) electrons. The lowest BCUT2D eigenvalue weighted by molar-refractivity contribution is 0.340. The zero-order valence-electron chi connectivity index (χ0n) is 12.0. The smallest absolute Gasteiger partial charge is 0.158 e. The molecule has 100 valence electrons. The lowest BCUT2D eigenvalue weighted by Crippen LogP contribution is -2.19. The number of hydrogen-bond acceptors (Lipinski definition) is 2. The molecule has 0 aromatic carbocycles. The summed E-state index contributed by atoms with van der Waals surface area (Å²) in [6.07, 6.45) is 0. The summed E-state index contributed by atoms with van der Waals surface area (Å²) in [5, 5.41) is 4.33. The van der Waals surface area contributed by atoms with Gasteiger partial charge in [0.2, 0.25) is 0 Å². The molecule has 1 atom stereocenters. The zero-order chi connectivity index (χ0) is 13.7. The molecule has 2 aromatic heterocycles. The third kappa shape index (κ3) is 2.26. The highest BCUT2D eigenvalue weighted by Gasteiger charge is 2.23. The van der Waals surface area contributed by atoms with Crippen LogP contribution in [-0.2, 0) is 13.6 Å². The Hall–Kier alpha value is -1.03. The van der Waals surface area contributed by atoms with Crippen molar-refractivity contribution in [3.8, 4) is 0 Å². The Balaban J connectivity index is 2.69. The van der Waals surface area contributed by atoms with E-state index in [1.807, 2.05) is 25.6 Å². The van der Waals surface area contributed by atoms with E-state index in [4.69, 9.17) is 11.6 Å². The minimum atomic E-state index is -0.0980. The molecule has 0 aliphatic rings. The van der Waals surface area contributed by atoms with Gasteiger partial charge in [-0.2, -0.15) is 5.10 Å². The Kier molecular flexibility index (Phi) is 3.18. The molecule has 18 heavy (non-hydrogen) atoms. The van der Waals surface area contributed by atoms with Crippen LogP contribution in [0, 0.1) is 12.3 Å². The van der Waals surface area contributed by atoms with Crippen molar-refractivity contribution < 1.29 is 0 Å². The van der Waals surface area contributed by atoms with Crippen molar-refractivity contribution in [2.45, 2.75) is 46.5 Å². The van der Waals surface area contributed by atoms with Gasteiger partial charge < -0.3 is 4.57 Å². The van der Waals surface area contributed by atoms with Gasteiger partial charge in [0.25, 0.3) is 0 Å². The van der Waals surface area contributed by atoms with Crippen molar-refractivity contribution in [3.05, 3.63) is 11.5 Å². The summed E-state index contributed by atoms with van der Waals surface area (Å²) in [4.78, 5) is 4.66. The summed E-state index contributed by atoms with van der Waals surface area (Å²) in [6, 6.07) is 0. The quantitative estimate of drug-likeness (QED) is 0.783. The molecule has 0 spiro atoms. The van der Waals surface area contributed by atoms with Gasteiger partial charge in [-0.1, -0.05) is 20.8 Å². The second-order valence-electron chi connectivity index (χ2n) is 6.11. The van der Waals surface area contributed by atoms with Crippen molar-refractivity contribution in [1.82, 2.24) is 19.3 Å². The van der Waals surface area contributed by atoms with Crippen molar-refractivity contribution in [1.29, 1.82) is 0 Å². The average molecular weight is 269 g/mol. The number of fused-ring (bicyclic) bond motifs is 1. The maximum atomic E-state index is 6.26. The highest BCUT2D eigenvalue weighted by atomic mass is 35.5. The van der Waals surface area contributed by atoms with Crippen molar-refractivity contribution in [3.63, 3.8) is 0 Å². The van der Waals surface area contributed by atoms with E-state index in [1.165, 1.54) is 0 Å². The molecule has 0 saturated heterocycles. The van der Waals surface area contributed by atoms with Crippen molar-refractivity contribution in [2.75, 3.05) is 0 Å². The fraction of sp³-hybridized carbons (Fsp3) is 0.692. The minimum absolute atomic E-state index is 0.0980. The summed E-state index contributed by atoms with van der Waals surface area (Å²) in [5.74, 6) is 0.928. The summed E-state index contributed by atoms with van der Waals surface area (Å²) in [5.41, 5.74) is 3.15. The lowest BCUT2D eigenvalue weighted by atomic mass is 9.97. The molecule has 0 N–H and O–H groups in total. The van der Waals surface area contributed by atoms with Crippen LogP contribution in [0.5, 0.6) is 0 Å². The van der Waals surface area contributed by atoms with E-state index in [0.717, 1.165) is 29.2 Å². The Morgan fingerprint density at radius 3 is 2.44 bits per heavy atom. The molecule has 2 aromatic rings. The number of nitrogens with zero attached hydrogens (tertiary/aromatic N) is 4. The molecule has 2 rings (SSSR count). The first-order valence-electron chi connectivity index (χ1n) is 6.24. The van der Waals surface area contributed by atoms with Gasteiger partial charge in [0.15, 0.2) is 5.65 Å². The van der Waals surface area contributed by atoms with Gasteiger partial charge >= 0.3 is 0 Å². The number of rotatable bonds is 2. The molecule has 0 amide bonds. The van der Waals surface area contributed by atoms with Crippen LogP contribution in [0.4, 0.5) is 0 Å². The lowest BCUT2D eigenvalue weighted by Gasteiger charge is -2.21. The molecule has 0 saturated carbocycles. The van der Waals surface area contributed by atoms with Gasteiger partial charge in [-0.05, 0) is 19.3 Å². The third-order valence-electron chi connectivity index (χ3n) is 2.91. The fourth-order valence-corrected chi connectivity index (χ4v) is 2.45. The predicted octanol–water partition coefficient (Wildman–Crippen LogP) is 3.42. The molecule has 0 aliphatic carbocycles. The van der Waals surface area contributed by atoms with Gasteiger partial charge in [-0.3, -0.25) is 4.68 Å². The topological polar surface area (TPSA) is 35.6 Å². The molecule has 4 nitrogen and oxygen atoms in total. The number of aromatic nitrogens is 4. The molecule has 2 heterocycles. The van der Waals surface area contributed by atoms with Crippen LogP contribution >= 0.6 is 11.6 Å². The summed E-state index contributed by atoms with van der Waals surface area (Å²) in [7, 11) is 1.96. The van der Waals surface area contributed by atoms with Crippen LogP contribution in [0.25, 0.3) is 11.2 Å². The summed E-state index contributed by atoms with van der Waals surface area (Å²) < 4.78 is 4.10. The maximum Gasteiger partial charge on any atom is 0.158 e. The van der Waals surface area contributed by atoms with E-state index in [0.29, 0.717) is 0 Å². The van der Waals surface area contributed by atoms with Crippen molar-refractivity contribution in [2.24, 2.45) is 12.5 Å². The average Bonchev–Trinajstić information content (AvgIpc) is 2.65. The van der Waals surface area contributed by atoms with E-state index in [-0.39, 0.29) is 10.8 Å². The largest absolute Gasteiger partial charge is 0.311 e. The number of alkyl halides is 1. The van der Waals surface area contributed by atoms with E-state index < -0.39 is 0 Å². The molecular formula is C13H21ClN4. The van der Waals surface area contributed by atoms with Crippen LogP contribution in [0.1, 0.15) is 44.6 Å². The highest BCUT2D eigenvalue weighted by Crippen LogP contribution is 2.29. The number of imidazole rings is 1. The first kappa shape index (κ1) is 13.4. The van der Waals surface area contributed by atoms with E-state index in [1.54, 1.807) is 0 Å². The molecule has 0 aliphatic heterocycles. The first-order chi connectivity index (χ1) is 8.20. The van der Waals surface area contributed by atoms with Crippen LogP contribution in [0.15, 0.2) is 0 Å². The van der Waals surface area contributed by atoms with Crippen LogP contribution in [0.2, 0.25) is 0 Å². The Morgan fingerprint density at radius 1 is 1.33 bits per heavy atom. The predicted molar refractivity (Wildman–Crippen MR) is 75.0 cm³/mol. The van der Waals surface area contributed by atoms with Gasteiger partial charge in [0, 0.05) is 13.6 Å². The standard InChI is InChI=1S/C13H21ClN4/c1-8(14)11-15-10-9(2)16-17(6)12(10)18(11)7-13(3,4)5/h8H,7H2,1-6H3. The maximum absolute atomic E-state index is 6.26. The molecule has 0 bridgehead atoms. The number of halogens is 1. The normalized spacial score (nSPS) is 14.4. The minimum Gasteiger partial charge on any atom is -0.311 e. The highest BCUT2D eigenvalue weighted by molar-refractivity contribution is 6.20. The molecule has 0 fully saturated rings. The Labute approximate surface area is 113 Å². The van der Waals surface area contributed by atoms with Gasteiger partial charge in [0.1, 0.15) is 11.3 Å². The number of aryl methyl sites for hydroxylation is 2. The van der Waals surface area contributed by atoms with Crippen LogP contribution in [-0.4, -0.2) is 19.3 Å². The Morgan fingerprint density at radius 2 is 1.94 bits per heavy atom. The van der Waals surface area contributed by atoms with Gasteiger partial charge in [-0.15, -0.1) is 11.6 Å². The molecular weight excluding hydrogens is 248 g/mol. The fourth-order valence-electron chi connectivity index (χ4n) is 2.29. The van der Waals surface area contributed by atoms with Crippen LogP contribution < -0.4 is 0 Å².